The van der Waals surface area contributed by atoms with E-state index in [1.807, 2.05) is 13.8 Å². The highest BCUT2D eigenvalue weighted by Gasteiger charge is 2.42. The molecule has 2 aliphatic rings. The number of nitrogens with zero attached hydrogens (tertiary/aromatic N) is 2. The first-order valence-electron chi connectivity index (χ1n) is 7.74. The Bertz CT molecular complexity index is 525. The van der Waals surface area contributed by atoms with Crippen LogP contribution in [-0.4, -0.2) is 21.9 Å². The van der Waals surface area contributed by atoms with Gasteiger partial charge in [-0.05, 0) is 37.5 Å². The molecule has 0 bridgehead atoms. The largest absolute Gasteiger partial charge is 0.347 e. The standard InChI is InChI=1S/C15H23N5O/c1-8(2)14-17-7-11(20-16)13(18-14)15(21)19-12(9-3-4-9)10-5-6-10/h7-10,12,20H,3-6,16H2,1-2H3,(H,19,21). The Labute approximate surface area is 124 Å². The zero-order valence-corrected chi connectivity index (χ0v) is 12.6. The molecule has 0 aromatic carbocycles. The quantitative estimate of drug-likeness (QED) is 0.548. The van der Waals surface area contributed by atoms with Crippen LogP contribution >= 0.6 is 0 Å². The molecule has 114 valence electrons. The molecule has 1 heterocycles. The number of hydrogen-bond donors (Lipinski definition) is 3. The molecule has 1 aromatic heterocycles. The third-order valence-corrected chi connectivity index (χ3v) is 4.25. The van der Waals surface area contributed by atoms with E-state index < -0.39 is 0 Å². The van der Waals surface area contributed by atoms with E-state index in [9.17, 15) is 4.79 Å². The van der Waals surface area contributed by atoms with Crippen LogP contribution in [0.1, 0.15) is 61.8 Å². The molecule has 6 nitrogen and oxygen atoms in total. The Balaban J connectivity index is 1.80. The predicted molar refractivity (Wildman–Crippen MR) is 80.6 cm³/mol. The number of hydrogen-bond acceptors (Lipinski definition) is 5. The smallest absolute Gasteiger partial charge is 0.272 e. The summed E-state index contributed by atoms with van der Waals surface area (Å²) in [6, 6.07) is 0.306. The zero-order chi connectivity index (χ0) is 15.0. The number of hydrazine groups is 1. The summed E-state index contributed by atoms with van der Waals surface area (Å²) in [6.45, 7) is 4.01. The second-order valence-corrected chi connectivity index (χ2v) is 6.46. The highest BCUT2D eigenvalue weighted by molar-refractivity contribution is 5.97. The summed E-state index contributed by atoms with van der Waals surface area (Å²) in [5, 5.41) is 3.17. The van der Waals surface area contributed by atoms with E-state index in [0.717, 1.165) is 0 Å². The Morgan fingerprint density at radius 1 is 1.29 bits per heavy atom. The molecule has 6 heteroatoms. The molecular weight excluding hydrogens is 266 g/mol. The lowest BCUT2D eigenvalue weighted by molar-refractivity contribution is 0.0921. The fourth-order valence-corrected chi connectivity index (χ4v) is 2.70. The number of rotatable bonds is 6. The summed E-state index contributed by atoms with van der Waals surface area (Å²) in [4.78, 5) is 21.2. The van der Waals surface area contributed by atoms with Crippen LogP contribution in [0.3, 0.4) is 0 Å². The van der Waals surface area contributed by atoms with Crippen molar-refractivity contribution in [3.63, 3.8) is 0 Å². The maximum atomic E-state index is 12.6. The zero-order valence-electron chi connectivity index (χ0n) is 12.6. The monoisotopic (exact) mass is 289 g/mol. The average Bonchev–Trinajstić information content (AvgIpc) is 3.37. The molecule has 0 spiro atoms. The van der Waals surface area contributed by atoms with Gasteiger partial charge in [0.25, 0.3) is 5.91 Å². The maximum absolute atomic E-state index is 12.6. The van der Waals surface area contributed by atoms with E-state index in [-0.39, 0.29) is 11.8 Å². The average molecular weight is 289 g/mol. The van der Waals surface area contributed by atoms with Gasteiger partial charge < -0.3 is 10.7 Å². The fraction of sp³-hybridized carbons (Fsp3) is 0.667. The highest BCUT2D eigenvalue weighted by Crippen LogP contribution is 2.44. The van der Waals surface area contributed by atoms with Gasteiger partial charge in [0, 0.05) is 12.0 Å². The summed E-state index contributed by atoms with van der Waals surface area (Å²) >= 11 is 0. The van der Waals surface area contributed by atoms with E-state index in [1.165, 1.54) is 25.7 Å². The number of carbonyl (C=O) groups excluding carboxylic acids is 1. The molecule has 0 aliphatic heterocycles. The molecule has 2 aliphatic carbocycles. The molecule has 1 amide bonds. The molecule has 0 unspecified atom stereocenters. The second-order valence-electron chi connectivity index (χ2n) is 6.46. The van der Waals surface area contributed by atoms with Gasteiger partial charge in [-0.2, -0.15) is 0 Å². The second kappa shape index (κ2) is 5.60. The summed E-state index contributed by atoms with van der Waals surface area (Å²) < 4.78 is 0. The minimum absolute atomic E-state index is 0.143. The fourth-order valence-electron chi connectivity index (χ4n) is 2.70. The van der Waals surface area contributed by atoms with Crippen LogP contribution in [0.25, 0.3) is 0 Å². The Morgan fingerprint density at radius 2 is 1.90 bits per heavy atom. The van der Waals surface area contributed by atoms with Crippen LogP contribution in [-0.2, 0) is 0 Å². The number of nitrogens with one attached hydrogen (secondary N) is 2. The van der Waals surface area contributed by atoms with Gasteiger partial charge in [0.2, 0.25) is 0 Å². The minimum Gasteiger partial charge on any atom is -0.347 e. The number of nitrogen functional groups attached to an aromatic ring is 1. The van der Waals surface area contributed by atoms with Crippen molar-refractivity contribution in [3.8, 4) is 0 Å². The van der Waals surface area contributed by atoms with Crippen molar-refractivity contribution in [1.29, 1.82) is 0 Å². The van der Waals surface area contributed by atoms with Gasteiger partial charge in [-0.15, -0.1) is 0 Å². The van der Waals surface area contributed by atoms with Gasteiger partial charge in [0.15, 0.2) is 5.69 Å². The topological polar surface area (TPSA) is 92.9 Å². The van der Waals surface area contributed by atoms with Crippen molar-refractivity contribution in [3.05, 3.63) is 17.7 Å². The normalized spacial score (nSPS) is 18.1. The maximum Gasteiger partial charge on any atom is 0.272 e. The van der Waals surface area contributed by atoms with Crippen molar-refractivity contribution < 1.29 is 4.79 Å². The van der Waals surface area contributed by atoms with Crippen molar-refractivity contribution in [2.24, 2.45) is 17.7 Å². The molecule has 2 fully saturated rings. The lowest BCUT2D eigenvalue weighted by Crippen LogP contribution is -2.39. The predicted octanol–water partition coefficient (Wildman–Crippen LogP) is 1.80. The third-order valence-electron chi connectivity index (χ3n) is 4.25. The van der Waals surface area contributed by atoms with Gasteiger partial charge in [0.05, 0.1) is 11.9 Å². The van der Waals surface area contributed by atoms with Crippen LogP contribution < -0.4 is 16.6 Å². The lowest BCUT2D eigenvalue weighted by Gasteiger charge is -2.18. The van der Waals surface area contributed by atoms with Crippen molar-refractivity contribution in [1.82, 2.24) is 15.3 Å². The van der Waals surface area contributed by atoms with Gasteiger partial charge in [-0.3, -0.25) is 10.6 Å². The number of amides is 1. The van der Waals surface area contributed by atoms with E-state index in [0.29, 0.717) is 35.1 Å². The molecule has 0 saturated heterocycles. The summed E-state index contributed by atoms with van der Waals surface area (Å²) in [5.74, 6) is 7.48. The van der Waals surface area contributed by atoms with Crippen molar-refractivity contribution >= 4 is 11.6 Å². The molecule has 0 radical (unpaired) electrons. The first-order chi connectivity index (χ1) is 10.1. The molecule has 2 saturated carbocycles. The Morgan fingerprint density at radius 3 is 2.38 bits per heavy atom. The summed E-state index contributed by atoms with van der Waals surface area (Å²) in [6.07, 6.45) is 6.49. The summed E-state index contributed by atoms with van der Waals surface area (Å²) in [5.41, 5.74) is 3.34. The van der Waals surface area contributed by atoms with Crippen LogP contribution in [0.15, 0.2) is 6.20 Å². The van der Waals surface area contributed by atoms with E-state index >= 15 is 0 Å². The van der Waals surface area contributed by atoms with E-state index in [4.69, 9.17) is 5.84 Å². The first-order valence-corrected chi connectivity index (χ1v) is 7.74. The Kier molecular flexibility index (Phi) is 3.80. The van der Waals surface area contributed by atoms with Crippen LogP contribution in [0.4, 0.5) is 5.69 Å². The first kappa shape index (κ1) is 14.3. The number of anilines is 1. The SMILES string of the molecule is CC(C)c1ncc(NN)c(C(=O)NC(C2CC2)C2CC2)n1. The Hall–Kier alpha value is -1.69. The van der Waals surface area contributed by atoms with Gasteiger partial charge in [0.1, 0.15) is 5.82 Å². The van der Waals surface area contributed by atoms with E-state index in [1.54, 1.807) is 6.20 Å². The molecule has 1 aromatic rings. The minimum atomic E-state index is -0.143. The van der Waals surface area contributed by atoms with Gasteiger partial charge >= 0.3 is 0 Å². The van der Waals surface area contributed by atoms with Crippen molar-refractivity contribution in [2.75, 3.05) is 5.43 Å². The summed E-state index contributed by atoms with van der Waals surface area (Å²) in [7, 11) is 0. The number of carbonyl (C=O) groups is 1. The number of aromatic nitrogens is 2. The van der Waals surface area contributed by atoms with Gasteiger partial charge in [-0.1, -0.05) is 13.8 Å². The molecule has 21 heavy (non-hydrogen) atoms. The molecule has 0 atom stereocenters. The molecule has 3 rings (SSSR count). The molecule has 4 N–H and O–H groups in total. The van der Waals surface area contributed by atoms with E-state index in [2.05, 4.69) is 20.7 Å². The van der Waals surface area contributed by atoms with Crippen molar-refractivity contribution in [2.45, 2.75) is 51.5 Å². The van der Waals surface area contributed by atoms with Crippen LogP contribution in [0.2, 0.25) is 0 Å². The highest BCUT2D eigenvalue weighted by atomic mass is 16.2. The molecular formula is C15H23N5O. The lowest BCUT2D eigenvalue weighted by atomic mass is 10.1. The number of nitrogens with two attached hydrogens (primary N) is 1. The third kappa shape index (κ3) is 3.15. The van der Waals surface area contributed by atoms with Gasteiger partial charge in [-0.25, -0.2) is 9.97 Å². The van der Waals surface area contributed by atoms with Crippen LogP contribution in [0, 0.1) is 11.8 Å². The van der Waals surface area contributed by atoms with Crippen LogP contribution in [0.5, 0.6) is 0 Å².